The van der Waals surface area contributed by atoms with E-state index >= 15 is 0 Å². The lowest BCUT2D eigenvalue weighted by atomic mass is 9.99. The average Bonchev–Trinajstić information content (AvgIpc) is 2.73. The van der Waals surface area contributed by atoms with Crippen LogP contribution in [0.3, 0.4) is 0 Å². The topological polar surface area (TPSA) is 68.2 Å². The van der Waals surface area contributed by atoms with Gasteiger partial charge in [0.05, 0.1) is 22.5 Å². The van der Waals surface area contributed by atoms with Gasteiger partial charge in [0.1, 0.15) is 24.4 Å². The first-order valence-electron chi connectivity index (χ1n) is 9.50. The van der Waals surface area contributed by atoms with Crippen molar-refractivity contribution < 1.29 is 31.6 Å². The van der Waals surface area contributed by atoms with Crippen molar-refractivity contribution in [2.75, 3.05) is 6.61 Å². The average molecular weight is 364 g/mol. The van der Waals surface area contributed by atoms with Gasteiger partial charge in [0.2, 0.25) is 6.36 Å². The summed E-state index contributed by atoms with van der Waals surface area (Å²) >= 11 is 0. The summed E-state index contributed by atoms with van der Waals surface area (Å²) < 4.78 is 46.8. The third-order valence-electron chi connectivity index (χ3n) is 4.10. The lowest BCUT2D eigenvalue weighted by molar-refractivity contribution is -0.286. The van der Waals surface area contributed by atoms with E-state index in [0.717, 1.165) is 0 Å². The van der Waals surface area contributed by atoms with Crippen LogP contribution in [0.15, 0.2) is 60.7 Å². The minimum absolute atomic E-state index is 0.492. The summed E-state index contributed by atoms with van der Waals surface area (Å²) in [4.78, 5) is 0. The third-order valence-corrected chi connectivity index (χ3v) is 4.10. The highest BCUT2D eigenvalue weighted by Crippen LogP contribution is 2.28. The van der Waals surface area contributed by atoms with Crippen molar-refractivity contribution in [2.45, 2.75) is 43.9 Å². The number of rotatable bonds is 7. The molecule has 6 heteroatoms. The Morgan fingerprint density at radius 1 is 0.923 bits per heavy atom. The summed E-state index contributed by atoms with van der Waals surface area (Å²) in [6, 6.07) is 17.2. The number of hydrogen-bond acceptors (Lipinski definition) is 5. The summed E-state index contributed by atoms with van der Waals surface area (Å²) in [5, 5.41) is 20.1. The minimum atomic E-state index is -2.05. The molecule has 1 saturated heterocycles. The quantitative estimate of drug-likeness (QED) is 0.788. The molecule has 1 aliphatic rings. The van der Waals surface area contributed by atoms with Crippen molar-refractivity contribution in [2.24, 2.45) is 0 Å². The van der Waals surface area contributed by atoms with E-state index in [2.05, 4.69) is 0 Å². The maximum Gasteiger partial charge on any atom is 0.228 e. The molecule has 1 heterocycles. The second-order valence-electron chi connectivity index (χ2n) is 5.96. The molecule has 7 atom stereocenters. The number of aliphatic hydroxyl groups excluding tert-OH is 2. The molecule has 0 radical (unpaired) electrons. The first-order valence-corrected chi connectivity index (χ1v) is 8.35. The molecule has 1 aliphatic heterocycles. The molecule has 26 heavy (non-hydrogen) atoms. The minimum Gasteiger partial charge on any atom is -0.394 e. The van der Waals surface area contributed by atoms with Gasteiger partial charge in [-0.2, -0.15) is 0 Å². The fourth-order valence-corrected chi connectivity index (χ4v) is 2.72. The van der Waals surface area contributed by atoms with Crippen LogP contribution >= 0.6 is 0 Å². The zero-order valence-electron chi connectivity index (χ0n) is 16.0. The number of benzene rings is 2. The van der Waals surface area contributed by atoms with Crippen LogP contribution in [0.5, 0.6) is 0 Å². The molecule has 0 aromatic heterocycles. The van der Waals surface area contributed by atoms with Gasteiger partial charge < -0.3 is 24.4 Å². The van der Waals surface area contributed by atoms with E-state index in [1.807, 2.05) is 0 Å². The summed E-state index contributed by atoms with van der Waals surface area (Å²) in [5.41, 5.74) is 1.03. The highest BCUT2D eigenvalue weighted by Gasteiger charge is 2.46. The van der Waals surface area contributed by atoms with Crippen LogP contribution < -0.4 is 0 Å². The Morgan fingerprint density at radius 2 is 1.42 bits per heavy atom. The van der Waals surface area contributed by atoms with Crippen molar-refractivity contribution in [3.05, 3.63) is 71.8 Å². The first-order chi connectivity index (χ1) is 13.5. The van der Waals surface area contributed by atoms with Crippen molar-refractivity contribution in [3.63, 3.8) is 0 Å². The largest absolute Gasteiger partial charge is 0.394 e. The summed E-state index contributed by atoms with van der Waals surface area (Å²) in [7, 11) is 0. The maximum atomic E-state index is 14.4. The van der Waals surface area contributed by atoms with E-state index < -0.39 is 50.5 Å². The smallest absolute Gasteiger partial charge is 0.228 e. The van der Waals surface area contributed by atoms with Gasteiger partial charge in [-0.15, -0.1) is 0 Å². The van der Waals surface area contributed by atoms with Crippen LogP contribution in [0.1, 0.15) is 13.9 Å². The molecule has 2 aromatic rings. The van der Waals surface area contributed by atoms with Gasteiger partial charge in [-0.05, 0) is 11.1 Å². The Kier molecular flexibility index (Phi) is 5.79. The lowest BCUT2D eigenvalue weighted by Crippen LogP contribution is -2.59. The van der Waals surface area contributed by atoms with Crippen LogP contribution in [0, 0.1) is 0 Å². The van der Waals surface area contributed by atoms with Crippen molar-refractivity contribution >= 4 is 0 Å². The van der Waals surface area contributed by atoms with E-state index in [9.17, 15) is 14.6 Å². The molecule has 140 valence electrons. The highest BCUT2D eigenvalue weighted by atomic mass is 19.1. The van der Waals surface area contributed by atoms with Gasteiger partial charge in [0.15, 0.2) is 0 Å². The predicted octanol–water partition coefficient (Wildman–Crippen LogP) is 2.20. The number of aliphatic hydroxyl groups is 2. The van der Waals surface area contributed by atoms with Crippen LogP contribution in [-0.2, 0) is 27.4 Å². The van der Waals surface area contributed by atoms with Crippen molar-refractivity contribution in [1.29, 1.82) is 0 Å². The second kappa shape index (κ2) is 9.21. The summed E-state index contributed by atoms with van der Waals surface area (Å²) in [5.74, 6) is 0. The molecule has 2 aromatic carbocycles. The molecule has 3 unspecified atom stereocenters. The third kappa shape index (κ3) is 4.66. The van der Waals surface area contributed by atoms with Crippen LogP contribution in [0.2, 0.25) is 0 Å². The fourth-order valence-electron chi connectivity index (χ4n) is 2.72. The summed E-state index contributed by atoms with van der Waals surface area (Å²) in [6.07, 6.45) is -7.45. The predicted molar refractivity (Wildman–Crippen MR) is 92.9 cm³/mol. The molecule has 1 fully saturated rings. The van der Waals surface area contributed by atoms with Gasteiger partial charge in [-0.25, -0.2) is 4.39 Å². The molecule has 0 spiro atoms. The molecule has 0 amide bonds. The van der Waals surface area contributed by atoms with E-state index in [0.29, 0.717) is 11.1 Å². The maximum absolute atomic E-state index is 14.4. The van der Waals surface area contributed by atoms with Gasteiger partial charge in [-0.1, -0.05) is 60.7 Å². The Morgan fingerprint density at radius 3 is 1.92 bits per heavy atom. The second-order valence-corrected chi connectivity index (χ2v) is 5.96. The molecule has 3 rings (SSSR count). The number of halogens is 1. The van der Waals surface area contributed by atoms with Crippen molar-refractivity contribution in [1.82, 2.24) is 0 Å². The molecular formula is C20H23FO5. The highest BCUT2D eigenvalue weighted by molar-refractivity contribution is 5.14. The van der Waals surface area contributed by atoms with Crippen LogP contribution in [0.4, 0.5) is 4.39 Å². The lowest BCUT2D eigenvalue weighted by Gasteiger charge is -2.41. The molecule has 0 bridgehead atoms. The summed E-state index contributed by atoms with van der Waals surface area (Å²) in [6.45, 7) is -3.01. The van der Waals surface area contributed by atoms with Crippen LogP contribution in [0.25, 0.3) is 0 Å². The van der Waals surface area contributed by atoms with E-state index in [-0.39, 0.29) is 0 Å². The van der Waals surface area contributed by atoms with Gasteiger partial charge in [-0.3, -0.25) is 0 Å². The Labute approximate surface area is 154 Å². The normalized spacial score (nSPS) is 32.3. The van der Waals surface area contributed by atoms with E-state index in [1.165, 1.54) is 0 Å². The number of hydrogen-bond donors (Lipinski definition) is 2. The molecule has 0 saturated carbocycles. The zero-order valence-corrected chi connectivity index (χ0v) is 14.0. The molecule has 2 N–H and O–H groups in total. The van der Waals surface area contributed by atoms with Gasteiger partial charge in [0, 0.05) is 0 Å². The molecule has 0 aliphatic carbocycles. The first kappa shape index (κ1) is 16.4. The Balaban J connectivity index is 1.73. The molecule has 5 nitrogen and oxygen atoms in total. The van der Waals surface area contributed by atoms with E-state index in [4.69, 9.17) is 17.0 Å². The number of ether oxygens (including phenoxy) is 3. The van der Waals surface area contributed by atoms with E-state index in [1.54, 1.807) is 60.7 Å². The standard InChI is InChI=1S/C20H23FO5/c21-20-19(25-13-15-9-5-2-6-10-15)17(23)18(16(11-22)26-20)24-12-14-7-3-1-4-8-14/h1-10,16-20,22-23H,11-13H2/t16-,17+,18-,19+,20?/m1/s1/i12D,13D/t12?,13?,16-,17+,18-,19+,20?. The monoisotopic (exact) mass is 364 g/mol. The molecular weight excluding hydrogens is 339 g/mol. The van der Waals surface area contributed by atoms with Gasteiger partial charge >= 0.3 is 0 Å². The van der Waals surface area contributed by atoms with Gasteiger partial charge in [0.25, 0.3) is 0 Å². The fraction of sp³-hybridized carbons (Fsp3) is 0.400. The van der Waals surface area contributed by atoms with Crippen molar-refractivity contribution in [3.8, 4) is 0 Å². The Hall–Kier alpha value is -1.83. The zero-order chi connectivity index (χ0) is 20.1. The Bertz CT molecular complexity index is 723. The number of alkyl halides is 1. The van der Waals surface area contributed by atoms with Crippen LogP contribution in [-0.4, -0.2) is 47.6 Å². The SMILES string of the molecule is [2H]C(O[C@H]1[C@H](O)[C@H](OC([2H])c2ccccc2)C(F)O[C@@H]1CO)c1ccccc1.